The molecule has 0 bridgehead atoms. The first kappa shape index (κ1) is 9.96. The molecule has 0 radical (unpaired) electrons. The smallest absolute Gasteiger partial charge is 0.0615 e. The predicted octanol–water partition coefficient (Wildman–Crippen LogP) is 1.71. The minimum Gasteiger partial charge on any atom is -0.392 e. The van der Waals surface area contributed by atoms with Crippen LogP contribution in [0, 0.1) is 0 Å². The third-order valence-electron chi connectivity index (χ3n) is 1.89. The Labute approximate surface area is 78.7 Å². The van der Waals surface area contributed by atoms with Crippen molar-refractivity contribution in [2.45, 2.75) is 13.0 Å². The molecule has 2 heteroatoms. The maximum Gasteiger partial charge on any atom is 0.0615 e. The molecule has 0 fully saturated rings. The Hall–Kier alpha value is -1.12. The number of hydrogen-bond donors (Lipinski definition) is 2. The van der Waals surface area contributed by atoms with Crippen molar-refractivity contribution in [3.63, 3.8) is 0 Å². The third-order valence-corrected chi connectivity index (χ3v) is 1.89. The van der Waals surface area contributed by atoms with Crippen LogP contribution in [0.5, 0.6) is 0 Å². The van der Waals surface area contributed by atoms with Crippen LogP contribution >= 0.6 is 0 Å². The Balaban J connectivity index is 2.97. The highest BCUT2D eigenvalue weighted by atomic mass is 16.2. The summed E-state index contributed by atoms with van der Waals surface area (Å²) in [6.45, 7) is 2.01. The van der Waals surface area contributed by atoms with Crippen LogP contribution < -0.4 is 5.73 Å². The lowest BCUT2D eigenvalue weighted by Gasteiger charge is -2.08. The lowest BCUT2D eigenvalue weighted by atomic mass is 10.0. The fraction of sp³-hybridized carbons (Fsp3) is 0.273. The summed E-state index contributed by atoms with van der Waals surface area (Å²) in [7, 11) is 0. The Morgan fingerprint density at radius 2 is 2.15 bits per heavy atom. The lowest BCUT2D eigenvalue weighted by Crippen LogP contribution is -2.06. The van der Waals surface area contributed by atoms with Gasteiger partial charge in [0.15, 0.2) is 0 Å². The van der Waals surface area contributed by atoms with Gasteiger partial charge >= 0.3 is 0 Å². The van der Waals surface area contributed by atoms with Gasteiger partial charge in [-0.25, -0.2) is 0 Å². The van der Waals surface area contributed by atoms with Crippen LogP contribution in [0.2, 0.25) is 0 Å². The Morgan fingerprint density at radius 3 is 2.77 bits per heavy atom. The summed E-state index contributed by atoms with van der Waals surface area (Å²) >= 11 is 0. The average Bonchev–Trinajstić information content (AvgIpc) is 2.15. The van der Waals surface area contributed by atoms with Crippen molar-refractivity contribution >= 4 is 6.08 Å². The van der Waals surface area contributed by atoms with Gasteiger partial charge in [-0.15, -0.1) is 0 Å². The molecule has 1 unspecified atom stereocenters. The Morgan fingerprint density at radius 1 is 1.46 bits per heavy atom. The van der Waals surface area contributed by atoms with E-state index in [1.54, 1.807) is 6.08 Å². The van der Waals surface area contributed by atoms with Gasteiger partial charge in [-0.3, -0.25) is 0 Å². The molecule has 0 saturated carbocycles. The molecule has 0 aliphatic heterocycles. The molecule has 2 nitrogen and oxygen atoms in total. The molecule has 1 aromatic rings. The molecular weight excluding hydrogens is 162 g/mol. The second-order valence-corrected chi connectivity index (χ2v) is 3.00. The Kier molecular flexibility index (Phi) is 3.68. The molecule has 0 heterocycles. The van der Waals surface area contributed by atoms with Crippen LogP contribution in [0.3, 0.4) is 0 Å². The van der Waals surface area contributed by atoms with E-state index in [4.69, 9.17) is 10.8 Å². The molecule has 3 N–H and O–H groups in total. The highest BCUT2D eigenvalue weighted by Crippen LogP contribution is 2.16. The highest BCUT2D eigenvalue weighted by molar-refractivity contribution is 5.54. The first-order valence-electron chi connectivity index (χ1n) is 4.37. The zero-order valence-corrected chi connectivity index (χ0v) is 7.77. The van der Waals surface area contributed by atoms with Gasteiger partial charge in [-0.1, -0.05) is 36.4 Å². The fourth-order valence-corrected chi connectivity index (χ4v) is 1.26. The summed E-state index contributed by atoms with van der Waals surface area (Å²) in [6, 6.07) is 7.95. The van der Waals surface area contributed by atoms with E-state index in [2.05, 4.69) is 0 Å². The first-order valence-corrected chi connectivity index (χ1v) is 4.37. The minimum absolute atomic E-state index is 0.0274. The number of benzene rings is 1. The summed E-state index contributed by atoms with van der Waals surface area (Å²) in [6.07, 6.45) is 3.60. The number of rotatable bonds is 3. The molecule has 70 valence electrons. The third kappa shape index (κ3) is 2.68. The molecule has 0 aliphatic carbocycles. The van der Waals surface area contributed by atoms with Crippen molar-refractivity contribution in [1.29, 1.82) is 0 Å². The van der Waals surface area contributed by atoms with Gasteiger partial charge in [0.2, 0.25) is 0 Å². The topological polar surface area (TPSA) is 46.2 Å². The fourth-order valence-electron chi connectivity index (χ4n) is 1.26. The largest absolute Gasteiger partial charge is 0.392 e. The maximum absolute atomic E-state index is 8.64. The standard InChI is InChI=1S/C11H15NO/c1-9(12)11-7-3-2-5-10(11)6-4-8-13/h2-7,9,13H,8,12H2,1H3/b6-4+. The summed E-state index contributed by atoms with van der Waals surface area (Å²) in [5.41, 5.74) is 7.97. The van der Waals surface area contributed by atoms with Crippen molar-refractivity contribution < 1.29 is 5.11 Å². The molecule has 0 aromatic heterocycles. The summed E-state index contributed by atoms with van der Waals surface area (Å²) in [5, 5.41) is 8.64. The molecule has 1 atom stereocenters. The van der Waals surface area contributed by atoms with Gasteiger partial charge in [-0.2, -0.15) is 0 Å². The van der Waals surface area contributed by atoms with E-state index in [9.17, 15) is 0 Å². The van der Waals surface area contributed by atoms with Crippen molar-refractivity contribution in [2.75, 3.05) is 6.61 Å². The van der Waals surface area contributed by atoms with E-state index < -0.39 is 0 Å². The van der Waals surface area contributed by atoms with Crippen LogP contribution in [0.1, 0.15) is 24.1 Å². The zero-order chi connectivity index (χ0) is 9.68. The molecule has 1 aromatic carbocycles. The molecule has 13 heavy (non-hydrogen) atoms. The lowest BCUT2D eigenvalue weighted by molar-refractivity contribution is 0.343. The summed E-state index contributed by atoms with van der Waals surface area (Å²) in [4.78, 5) is 0. The van der Waals surface area contributed by atoms with Gasteiger partial charge in [-0.05, 0) is 18.1 Å². The first-order chi connectivity index (χ1) is 6.25. The zero-order valence-electron chi connectivity index (χ0n) is 7.77. The van der Waals surface area contributed by atoms with E-state index in [0.717, 1.165) is 11.1 Å². The number of aliphatic hydroxyl groups is 1. The minimum atomic E-state index is 0.0274. The van der Waals surface area contributed by atoms with Crippen LogP contribution in [0.15, 0.2) is 30.3 Å². The van der Waals surface area contributed by atoms with Gasteiger partial charge < -0.3 is 10.8 Å². The van der Waals surface area contributed by atoms with Gasteiger partial charge in [0.25, 0.3) is 0 Å². The van der Waals surface area contributed by atoms with Crippen LogP contribution in [0.4, 0.5) is 0 Å². The van der Waals surface area contributed by atoms with Crippen LogP contribution in [-0.4, -0.2) is 11.7 Å². The van der Waals surface area contributed by atoms with Crippen molar-refractivity contribution in [3.8, 4) is 0 Å². The van der Waals surface area contributed by atoms with Gasteiger partial charge in [0.05, 0.1) is 6.61 Å². The summed E-state index contributed by atoms with van der Waals surface area (Å²) < 4.78 is 0. The SMILES string of the molecule is CC(N)c1ccccc1/C=C/CO. The van der Waals surface area contributed by atoms with Gasteiger partial charge in [0, 0.05) is 6.04 Å². The predicted molar refractivity (Wildman–Crippen MR) is 55.2 cm³/mol. The van der Waals surface area contributed by atoms with E-state index >= 15 is 0 Å². The van der Waals surface area contributed by atoms with E-state index in [-0.39, 0.29) is 12.6 Å². The molecule has 0 amide bonds. The molecule has 1 rings (SSSR count). The maximum atomic E-state index is 8.64. The number of hydrogen-bond acceptors (Lipinski definition) is 2. The normalized spacial score (nSPS) is 13.5. The van der Waals surface area contributed by atoms with Crippen LogP contribution in [0.25, 0.3) is 6.08 Å². The van der Waals surface area contributed by atoms with E-state index in [0.29, 0.717) is 0 Å². The summed E-state index contributed by atoms with van der Waals surface area (Å²) in [5.74, 6) is 0. The molecule has 0 saturated heterocycles. The second kappa shape index (κ2) is 4.80. The highest BCUT2D eigenvalue weighted by Gasteiger charge is 2.01. The molecule has 0 aliphatic rings. The number of nitrogens with two attached hydrogens (primary N) is 1. The van der Waals surface area contributed by atoms with E-state index in [1.807, 2.05) is 37.3 Å². The monoisotopic (exact) mass is 177 g/mol. The molecule has 0 spiro atoms. The average molecular weight is 177 g/mol. The second-order valence-electron chi connectivity index (χ2n) is 3.00. The van der Waals surface area contributed by atoms with E-state index in [1.165, 1.54) is 0 Å². The van der Waals surface area contributed by atoms with Crippen molar-refractivity contribution in [1.82, 2.24) is 0 Å². The quantitative estimate of drug-likeness (QED) is 0.738. The number of aliphatic hydroxyl groups excluding tert-OH is 1. The van der Waals surface area contributed by atoms with Crippen LogP contribution in [-0.2, 0) is 0 Å². The Bertz CT molecular complexity index is 292. The van der Waals surface area contributed by atoms with Crippen molar-refractivity contribution in [3.05, 3.63) is 41.5 Å². The van der Waals surface area contributed by atoms with Crippen molar-refractivity contribution in [2.24, 2.45) is 5.73 Å². The molecular formula is C11H15NO. The van der Waals surface area contributed by atoms with Gasteiger partial charge in [0.1, 0.15) is 0 Å².